The van der Waals surface area contributed by atoms with Crippen LogP contribution in [0.1, 0.15) is 17.2 Å². The van der Waals surface area contributed by atoms with E-state index in [4.69, 9.17) is 4.42 Å². The molecule has 2 heterocycles. The van der Waals surface area contributed by atoms with E-state index in [-0.39, 0.29) is 0 Å². The van der Waals surface area contributed by atoms with Crippen LogP contribution in [0.3, 0.4) is 0 Å². The predicted octanol–water partition coefficient (Wildman–Crippen LogP) is 2.91. The number of furan rings is 1. The van der Waals surface area contributed by atoms with Gasteiger partial charge in [0.2, 0.25) is 0 Å². The lowest BCUT2D eigenvalue weighted by Gasteiger charge is -2.11. The van der Waals surface area contributed by atoms with Crippen LogP contribution in [-0.4, -0.2) is 10.1 Å². The molecule has 0 saturated heterocycles. The second-order valence-corrected chi connectivity index (χ2v) is 3.88. The van der Waals surface area contributed by atoms with Gasteiger partial charge in [0.25, 0.3) is 0 Å². The number of aliphatic hydroxyl groups excluding tert-OH is 1. The first kappa shape index (κ1) is 10.1. The summed E-state index contributed by atoms with van der Waals surface area (Å²) in [6, 6.07) is 11.3. The van der Waals surface area contributed by atoms with E-state index >= 15 is 0 Å². The maximum absolute atomic E-state index is 10.3. The maximum atomic E-state index is 10.3. The molecule has 0 bridgehead atoms. The molecule has 3 rings (SSSR count). The largest absolute Gasteiger partial charge is 0.472 e. The SMILES string of the molecule is OC(c1ccoc1)c1cccc2ncccc12. The fourth-order valence-corrected chi connectivity index (χ4v) is 1.98. The fraction of sp³-hybridized carbons (Fsp3) is 0.0714. The van der Waals surface area contributed by atoms with Crippen molar-refractivity contribution in [3.8, 4) is 0 Å². The number of aliphatic hydroxyl groups is 1. The average molecular weight is 225 g/mol. The Balaban J connectivity index is 2.17. The zero-order valence-electron chi connectivity index (χ0n) is 9.08. The summed E-state index contributed by atoms with van der Waals surface area (Å²) >= 11 is 0. The molecule has 0 amide bonds. The van der Waals surface area contributed by atoms with E-state index in [1.165, 1.54) is 0 Å². The molecule has 0 saturated carbocycles. The van der Waals surface area contributed by atoms with Gasteiger partial charge in [-0.1, -0.05) is 18.2 Å². The van der Waals surface area contributed by atoms with Crippen molar-refractivity contribution < 1.29 is 9.52 Å². The lowest BCUT2D eigenvalue weighted by molar-refractivity contribution is 0.221. The molecule has 0 aliphatic rings. The zero-order valence-corrected chi connectivity index (χ0v) is 9.08. The summed E-state index contributed by atoms with van der Waals surface area (Å²) in [6.07, 6.45) is 4.18. The standard InChI is InChI=1S/C14H11NO2/c16-14(10-6-8-17-9-10)12-3-1-5-13-11(12)4-2-7-15-13/h1-9,14,16H. The van der Waals surface area contributed by atoms with Crippen molar-refractivity contribution in [2.75, 3.05) is 0 Å². The molecule has 3 heteroatoms. The third kappa shape index (κ3) is 1.70. The van der Waals surface area contributed by atoms with Crippen LogP contribution in [-0.2, 0) is 0 Å². The number of aromatic nitrogens is 1. The summed E-state index contributed by atoms with van der Waals surface area (Å²) in [7, 11) is 0. The highest BCUT2D eigenvalue weighted by Crippen LogP contribution is 2.27. The minimum atomic E-state index is -0.679. The Hall–Kier alpha value is -2.13. The van der Waals surface area contributed by atoms with E-state index in [2.05, 4.69) is 4.98 Å². The Labute approximate surface area is 98.3 Å². The monoisotopic (exact) mass is 225 g/mol. The van der Waals surface area contributed by atoms with Gasteiger partial charge in [-0.05, 0) is 23.8 Å². The van der Waals surface area contributed by atoms with Gasteiger partial charge in [0.1, 0.15) is 6.10 Å². The molecular weight excluding hydrogens is 214 g/mol. The highest BCUT2D eigenvalue weighted by Gasteiger charge is 2.14. The maximum Gasteiger partial charge on any atom is 0.108 e. The molecule has 0 spiro atoms. The van der Waals surface area contributed by atoms with Gasteiger partial charge >= 0.3 is 0 Å². The molecule has 0 radical (unpaired) electrons. The molecule has 3 aromatic rings. The van der Waals surface area contributed by atoms with Crippen LogP contribution in [0.4, 0.5) is 0 Å². The first-order valence-corrected chi connectivity index (χ1v) is 5.40. The minimum Gasteiger partial charge on any atom is -0.472 e. The molecule has 2 aromatic heterocycles. The van der Waals surface area contributed by atoms with Crippen molar-refractivity contribution in [3.63, 3.8) is 0 Å². The van der Waals surface area contributed by atoms with Crippen molar-refractivity contribution in [2.24, 2.45) is 0 Å². The van der Waals surface area contributed by atoms with Gasteiger partial charge in [-0.15, -0.1) is 0 Å². The summed E-state index contributed by atoms with van der Waals surface area (Å²) in [5, 5.41) is 11.3. The van der Waals surface area contributed by atoms with E-state index in [9.17, 15) is 5.11 Å². The number of hydrogen-bond acceptors (Lipinski definition) is 3. The molecule has 3 nitrogen and oxygen atoms in total. The number of benzene rings is 1. The molecule has 1 N–H and O–H groups in total. The number of fused-ring (bicyclic) bond motifs is 1. The fourth-order valence-electron chi connectivity index (χ4n) is 1.98. The Morgan fingerprint density at radius 1 is 1.12 bits per heavy atom. The summed E-state index contributed by atoms with van der Waals surface area (Å²) in [6.45, 7) is 0. The third-order valence-corrected chi connectivity index (χ3v) is 2.83. The van der Waals surface area contributed by atoms with Gasteiger partial charge in [0.05, 0.1) is 18.0 Å². The van der Waals surface area contributed by atoms with E-state index in [0.29, 0.717) is 0 Å². The van der Waals surface area contributed by atoms with E-state index < -0.39 is 6.10 Å². The van der Waals surface area contributed by atoms with E-state index in [0.717, 1.165) is 22.0 Å². The molecule has 0 aliphatic carbocycles. The second-order valence-electron chi connectivity index (χ2n) is 3.88. The first-order valence-electron chi connectivity index (χ1n) is 5.40. The molecule has 0 fully saturated rings. The normalized spacial score (nSPS) is 12.8. The third-order valence-electron chi connectivity index (χ3n) is 2.83. The van der Waals surface area contributed by atoms with Gasteiger partial charge in [-0.3, -0.25) is 4.98 Å². The Bertz CT molecular complexity index is 626. The van der Waals surface area contributed by atoms with Gasteiger partial charge in [-0.25, -0.2) is 0 Å². The van der Waals surface area contributed by atoms with Crippen LogP contribution in [0.25, 0.3) is 10.9 Å². The highest BCUT2D eigenvalue weighted by molar-refractivity contribution is 5.82. The van der Waals surface area contributed by atoms with Gasteiger partial charge in [-0.2, -0.15) is 0 Å². The van der Waals surface area contributed by atoms with Crippen LogP contribution in [0.2, 0.25) is 0 Å². The Kier molecular flexibility index (Phi) is 2.38. The van der Waals surface area contributed by atoms with E-state index in [1.807, 2.05) is 30.3 Å². The Morgan fingerprint density at radius 2 is 2.06 bits per heavy atom. The average Bonchev–Trinajstić information content (AvgIpc) is 2.91. The predicted molar refractivity (Wildman–Crippen MR) is 64.5 cm³/mol. The molecule has 84 valence electrons. The summed E-state index contributed by atoms with van der Waals surface area (Å²) < 4.78 is 4.99. The summed E-state index contributed by atoms with van der Waals surface area (Å²) in [5.74, 6) is 0. The highest BCUT2D eigenvalue weighted by atomic mass is 16.3. The van der Waals surface area contributed by atoms with Crippen LogP contribution in [0, 0.1) is 0 Å². The quantitative estimate of drug-likeness (QED) is 0.729. The molecule has 1 aromatic carbocycles. The number of pyridine rings is 1. The van der Waals surface area contributed by atoms with Crippen LogP contribution < -0.4 is 0 Å². The Morgan fingerprint density at radius 3 is 2.88 bits per heavy atom. The topological polar surface area (TPSA) is 46.3 Å². The van der Waals surface area contributed by atoms with Gasteiger partial charge < -0.3 is 9.52 Å². The van der Waals surface area contributed by atoms with Crippen LogP contribution >= 0.6 is 0 Å². The lowest BCUT2D eigenvalue weighted by Crippen LogP contribution is -1.99. The van der Waals surface area contributed by atoms with Crippen molar-refractivity contribution in [2.45, 2.75) is 6.10 Å². The van der Waals surface area contributed by atoms with Crippen LogP contribution in [0.15, 0.2) is 59.5 Å². The molecule has 1 unspecified atom stereocenters. The number of nitrogens with zero attached hydrogens (tertiary/aromatic N) is 1. The molecule has 17 heavy (non-hydrogen) atoms. The molecule has 0 aliphatic heterocycles. The summed E-state index contributed by atoms with van der Waals surface area (Å²) in [4.78, 5) is 4.27. The molecule has 1 atom stereocenters. The smallest absolute Gasteiger partial charge is 0.108 e. The minimum absolute atomic E-state index is 0.679. The lowest BCUT2D eigenvalue weighted by atomic mass is 10.00. The first-order chi connectivity index (χ1) is 8.36. The van der Waals surface area contributed by atoms with Crippen molar-refractivity contribution in [3.05, 3.63) is 66.2 Å². The van der Waals surface area contributed by atoms with Gasteiger partial charge in [0, 0.05) is 17.1 Å². The van der Waals surface area contributed by atoms with Crippen LogP contribution in [0.5, 0.6) is 0 Å². The second kappa shape index (κ2) is 4.03. The number of rotatable bonds is 2. The zero-order chi connectivity index (χ0) is 11.7. The van der Waals surface area contributed by atoms with E-state index in [1.54, 1.807) is 24.8 Å². The number of hydrogen-bond donors (Lipinski definition) is 1. The van der Waals surface area contributed by atoms with Crippen molar-refractivity contribution >= 4 is 10.9 Å². The van der Waals surface area contributed by atoms with Crippen molar-refractivity contribution in [1.82, 2.24) is 4.98 Å². The van der Waals surface area contributed by atoms with Crippen molar-refractivity contribution in [1.29, 1.82) is 0 Å². The molecular formula is C14H11NO2. The van der Waals surface area contributed by atoms with Gasteiger partial charge in [0.15, 0.2) is 0 Å². The summed E-state index contributed by atoms with van der Waals surface area (Å²) in [5.41, 5.74) is 2.48.